The first kappa shape index (κ1) is 13.6. The lowest BCUT2D eigenvalue weighted by atomic mass is 9.93. The van der Waals surface area contributed by atoms with Gasteiger partial charge in [-0.05, 0) is 31.6 Å². The van der Waals surface area contributed by atoms with Crippen molar-refractivity contribution in [1.29, 1.82) is 0 Å². The van der Waals surface area contributed by atoms with Crippen LogP contribution in [0.3, 0.4) is 0 Å². The van der Waals surface area contributed by atoms with E-state index in [1.54, 1.807) is 16.1 Å². The molecule has 0 aromatic heterocycles. The van der Waals surface area contributed by atoms with Gasteiger partial charge >= 0.3 is 0 Å². The van der Waals surface area contributed by atoms with Crippen LogP contribution in [-0.2, 0) is 10.0 Å². The topological polar surface area (TPSA) is 41.8 Å². The molecule has 1 aliphatic heterocycles. The Bertz CT molecular complexity index is 452. The standard InChI is InChI=1S/C14H24N2O2S/c1-2-19(17,18)16-7-5-15(6-8-16)11-14-10-12-3-4-13(14)9-12/h3-4,12-14H,2,5-11H2,1H3/p+1. The van der Waals surface area contributed by atoms with E-state index in [0.29, 0.717) is 13.1 Å². The quantitative estimate of drug-likeness (QED) is 0.724. The van der Waals surface area contributed by atoms with Gasteiger partial charge in [0.25, 0.3) is 0 Å². The highest BCUT2D eigenvalue weighted by Crippen LogP contribution is 2.42. The first-order valence-corrected chi connectivity index (χ1v) is 9.19. The van der Waals surface area contributed by atoms with Crippen molar-refractivity contribution >= 4 is 10.0 Å². The minimum absolute atomic E-state index is 0.236. The van der Waals surface area contributed by atoms with E-state index in [-0.39, 0.29) is 5.75 Å². The van der Waals surface area contributed by atoms with Gasteiger partial charge in [-0.2, -0.15) is 4.31 Å². The highest BCUT2D eigenvalue weighted by Gasteiger charge is 2.38. The Labute approximate surface area is 116 Å². The summed E-state index contributed by atoms with van der Waals surface area (Å²) >= 11 is 0. The predicted octanol–water partition coefficient (Wildman–Crippen LogP) is -0.251. The highest BCUT2D eigenvalue weighted by atomic mass is 32.2. The maximum atomic E-state index is 11.8. The van der Waals surface area contributed by atoms with Crippen molar-refractivity contribution < 1.29 is 13.3 Å². The van der Waals surface area contributed by atoms with Gasteiger partial charge in [-0.1, -0.05) is 12.2 Å². The van der Waals surface area contributed by atoms with Crippen molar-refractivity contribution in [3.63, 3.8) is 0 Å². The van der Waals surface area contributed by atoms with Gasteiger partial charge in [-0.25, -0.2) is 8.42 Å². The summed E-state index contributed by atoms with van der Waals surface area (Å²) in [5.74, 6) is 2.74. The van der Waals surface area contributed by atoms with E-state index in [1.165, 1.54) is 19.4 Å². The minimum Gasteiger partial charge on any atom is -0.333 e. The average Bonchev–Trinajstić information content (AvgIpc) is 3.02. The van der Waals surface area contributed by atoms with Gasteiger partial charge in [0.05, 0.1) is 38.5 Å². The molecule has 1 N–H and O–H groups in total. The number of hydrogen-bond acceptors (Lipinski definition) is 2. The highest BCUT2D eigenvalue weighted by molar-refractivity contribution is 7.89. The molecule has 2 fully saturated rings. The molecule has 0 amide bonds. The number of nitrogens with zero attached hydrogens (tertiary/aromatic N) is 1. The zero-order valence-electron chi connectivity index (χ0n) is 11.7. The number of allylic oxidation sites excluding steroid dienone is 2. The van der Waals surface area contributed by atoms with Crippen LogP contribution in [-0.4, -0.2) is 51.2 Å². The van der Waals surface area contributed by atoms with Crippen molar-refractivity contribution in [3.8, 4) is 0 Å². The number of piperazine rings is 1. The summed E-state index contributed by atoms with van der Waals surface area (Å²) < 4.78 is 25.3. The third-order valence-corrected chi connectivity index (χ3v) is 7.04. The molecule has 1 saturated heterocycles. The van der Waals surface area contributed by atoms with E-state index in [9.17, 15) is 8.42 Å². The summed E-state index contributed by atoms with van der Waals surface area (Å²) in [6.07, 6.45) is 7.54. The second kappa shape index (κ2) is 5.19. The zero-order valence-corrected chi connectivity index (χ0v) is 12.5. The van der Waals surface area contributed by atoms with Gasteiger partial charge in [0.2, 0.25) is 10.0 Å². The molecule has 0 aromatic rings. The SMILES string of the molecule is CCS(=O)(=O)N1CC[NH+](CC2CC3C=CC2C3)CC1. The number of fused-ring (bicyclic) bond motifs is 2. The molecule has 0 spiro atoms. The third-order valence-electron chi connectivity index (χ3n) is 5.15. The molecule has 0 radical (unpaired) electrons. The van der Waals surface area contributed by atoms with E-state index >= 15 is 0 Å². The zero-order chi connectivity index (χ0) is 13.5. The lowest BCUT2D eigenvalue weighted by Crippen LogP contribution is -3.15. The monoisotopic (exact) mass is 285 g/mol. The molecule has 1 heterocycles. The number of rotatable bonds is 4. The molecule has 108 valence electrons. The van der Waals surface area contributed by atoms with E-state index in [1.807, 2.05) is 0 Å². The summed E-state index contributed by atoms with van der Waals surface area (Å²) in [5, 5.41) is 0. The fraction of sp³-hybridized carbons (Fsp3) is 0.857. The van der Waals surface area contributed by atoms with Crippen LogP contribution in [0.2, 0.25) is 0 Å². The Balaban J connectivity index is 1.50. The van der Waals surface area contributed by atoms with Crippen LogP contribution in [0, 0.1) is 17.8 Å². The first-order chi connectivity index (χ1) is 9.08. The fourth-order valence-corrected chi connectivity index (χ4v) is 5.07. The van der Waals surface area contributed by atoms with Gasteiger partial charge in [-0.3, -0.25) is 0 Å². The molecular formula is C14H25N2O2S+. The first-order valence-electron chi connectivity index (χ1n) is 7.58. The van der Waals surface area contributed by atoms with Crippen molar-refractivity contribution in [2.24, 2.45) is 17.8 Å². The van der Waals surface area contributed by atoms with Crippen molar-refractivity contribution in [3.05, 3.63) is 12.2 Å². The molecule has 3 aliphatic rings. The van der Waals surface area contributed by atoms with E-state index in [2.05, 4.69) is 12.2 Å². The molecule has 2 bridgehead atoms. The number of nitrogens with one attached hydrogen (secondary N) is 1. The smallest absolute Gasteiger partial charge is 0.214 e. The van der Waals surface area contributed by atoms with Crippen LogP contribution in [0.15, 0.2) is 12.2 Å². The van der Waals surface area contributed by atoms with Crippen LogP contribution in [0.25, 0.3) is 0 Å². The van der Waals surface area contributed by atoms with E-state index < -0.39 is 10.0 Å². The molecule has 5 heteroatoms. The Morgan fingerprint density at radius 1 is 1.21 bits per heavy atom. The maximum Gasteiger partial charge on any atom is 0.214 e. The van der Waals surface area contributed by atoms with Crippen molar-refractivity contribution in [2.75, 3.05) is 38.5 Å². The Morgan fingerprint density at radius 3 is 2.47 bits per heavy atom. The van der Waals surface area contributed by atoms with Crippen LogP contribution < -0.4 is 4.90 Å². The van der Waals surface area contributed by atoms with Crippen LogP contribution >= 0.6 is 0 Å². The van der Waals surface area contributed by atoms with Crippen LogP contribution in [0.5, 0.6) is 0 Å². The van der Waals surface area contributed by atoms with Gasteiger partial charge in [0, 0.05) is 5.92 Å². The normalized spacial score (nSPS) is 36.2. The second-order valence-electron chi connectivity index (χ2n) is 6.29. The fourth-order valence-electron chi connectivity index (χ4n) is 3.97. The summed E-state index contributed by atoms with van der Waals surface area (Å²) in [6, 6.07) is 0. The Hall–Kier alpha value is -0.390. The molecule has 3 atom stereocenters. The van der Waals surface area contributed by atoms with Gasteiger partial charge in [0.1, 0.15) is 0 Å². The summed E-state index contributed by atoms with van der Waals surface area (Å²) in [4.78, 5) is 1.61. The average molecular weight is 285 g/mol. The van der Waals surface area contributed by atoms with Crippen molar-refractivity contribution in [2.45, 2.75) is 19.8 Å². The van der Waals surface area contributed by atoms with Crippen LogP contribution in [0.1, 0.15) is 19.8 Å². The van der Waals surface area contributed by atoms with Gasteiger partial charge in [-0.15, -0.1) is 0 Å². The molecule has 3 unspecified atom stereocenters. The summed E-state index contributed by atoms with van der Waals surface area (Å²) in [6.45, 7) is 6.36. The predicted molar refractivity (Wildman–Crippen MR) is 75.4 cm³/mol. The van der Waals surface area contributed by atoms with Crippen LogP contribution in [0.4, 0.5) is 0 Å². The summed E-state index contributed by atoms with van der Waals surface area (Å²) in [5.41, 5.74) is 0. The van der Waals surface area contributed by atoms with Crippen molar-refractivity contribution in [1.82, 2.24) is 4.31 Å². The van der Waals surface area contributed by atoms with E-state index in [0.717, 1.165) is 30.8 Å². The molecule has 19 heavy (non-hydrogen) atoms. The third kappa shape index (κ3) is 2.73. The van der Waals surface area contributed by atoms with Gasteiger partial charge < -0.3 is 4.90 Å². The minimum atomic E-state index is -2.97. The lowest BCUT2D eigenvalue weighted by Gasteiger charge is -2.33. The lowest BCUT2D eigenvalue weighted by molar-refractivity contribution is -0.907. The second-order valence-corrected chi connectivity index (χ2v) is 8.55. The largest absolute Gasteiger partial charge is 0.333 e. The summed E-state index contributed by atoms with van der Waals surface area (Å²) in [7, 11) is -2.97. The maximum absolute atomic E-state index is 11.8. The molecule has 0 aromatic carbocycles. The molecule has 3 rings (SSSR count). The van der Waals surface area contributed by atoms with Gasteiger partial charge in [0.15, 0.2) is 0 Å². The Kier molecular flexibility index (Phi) is 3.71. The molecule has 2 aliphatic carbocycles. The van der Waals surface area contributed by atoms with E-state index in [4.69, 9.17) is 0 Å². The number of hydrogen-bond donors (Lipinski definition) is 1. The number of sulfonamides is 1. The molecule has 1 saturated carbocycles. The molecule has 4 nitrogen and oxygen atoms in total. The number of quaternary nitrogens is 1. The molecular weight excluding hydrogens is 260 g/mol. The Morgan fingerprint density at radius 2 is 1.95 bits per heavy atom.